The summed E-state index contributed by atoms with van der Waals surface area (Å²) in [4.78, 5) is 4.37. The third-order valence-corrected chi connectivity index (χ3v) is 5.65. The maximum absolute atomic E-state index is 11.1. The Morgan fingerprint density at radius 2 is 2.08 bits per heavy atom. The lowest BCUT2D eigenvalue weighted by atomic mass is 9.78. The highest BCUT2D eigenvalue weighted by Gasteiger charge is 2.48. The highest BCUT2D eigenvalue weighted by molar-refractivity contribution is 6.29. The van der Waals surface area contributed by atoms with Crippen LogP contribution in [0.1, 0.15) is 63.0 Å². The lowest BCUT2D eigenvalue weighted by molar-refractivity contribution is -0.104. The number of rotatable bonds is 5. The number of hydrogen-bond donors (Lipinski definition) is 3. The van der Waals surface area contributed by atoms with Crippen molar-refractivity contribution in [3.8, 4) is 0 Å². The van der Waals surface area contributed by atoms with Gasteiger partial charge in [-0.1, -0.05) is 31.4 Å². The van der Waals surface area contributed by atoms with Gasteiger partial charge in [-0.25, -0.2) is 4.98 Å². The normalized spacial score (nSPS) is 27.0. The number of fused-ring (bicyclic) bond motifs is 1. The fourth-order valence-electron chi connectivity index (χ4n) is 3.94. The van der Waals surface area contributed by atoms with Gasteiger partial charge in [0.2, 0.25) is 0 Å². The Balaban J connectivity index is 1.97. The summed E-state index contributed by atoms with van der Waals surface area (Å²) in [7, 11) is 0. The van der Waals surface area contributed by atoms with E-state index in [1.54, 1.807) is 0 Å². The monoisotopic (exact) mass is 380 g/mol. The Labute approximate surface area is 160 Å². The van der Waals surface area contributed by atoms with Crippen molar-refractivity contribution < 1.29 is 14.9 Å². The molecule has 0 fully saturated rings. The summed E-state index contributed by atoms with van der Waals surface area (Å²) >= 11 is 6.12. The molecule has 2 heterocycles. The van der Waals surface area contributed by atoms with Crippen LogP contribution in [-0.4, -0.2) is 39.5 Å². The number of nitrogens with one attached hydrogen (secondary N) is 1. The van der Waals surface area contributed by atoms with Crippen LogP contribution in [0.15, 0.2) is 17.4 Å². The number of unbranched alkanes of at least 4 members (excludes halogenated alkanes) is 2. The quantitative estimate of drug-likeness (QED) is 0.540. The van der Waals surface area contributed by atoms with Crippen LogP contribution in [0.3, 0.4) is 0 Å². The molecule has 0 radical (unpaired) electrons. The molecule has 0 aromatic carbocycles. The third-order valence-electron chi connectivity index (χ3n) is 5.45. The topological polar surface area (TPSA) is 74.6 Å². The first kappa shape index (κ1) is 19.6. The van der Waals surface area contributed by atoms with Crippen molar-refractivity contribution in [2.45, 2.75) is 77.2 Å². The highest BCUT2D eigenvalue weighted by Crippen LogP contribution is 2.44. The van der Waals surface area contributed by atoms with E-state index in [0.29, 0.717) is 22.8 Å². The summed E-state index contributed by atoms with van der Waals surface area (Å²) in [5, 5.41) is 25.8. The van der Waals surface area contributed by atoms with E-state index in [1.165, 1.54) is 0 Å². The maximum Gasteiger partial charge on any atom is 0.131 e. The van der Waals surface area contributed by atoms with Crippen molar-refractivity contribution in [3.63, 3.8) is 0 Å². The van der Waals surface area contributed by atoms with Crippen LogP contribution >= 0.6 is 11.6 Å². The molecule has 5 nitrogen and oxygen atoms in total. The van der Waals surface area contributed by atoms with Gasteiger partial charge in [0.25, 0.3) is 0 Å². The van der Waals surface area contributed by atoms with Crippen LogP contribution in [0.4, 0.5) is 0 Å². The van der Waals surface area contributed by atoms with Crippen molar-refractivity contribution in [2.24, 2.45) is 0 Å². The molecular formula is C20H29ClN2O3. The molecule has 0 spiro atoms. The zero-order valence-electron chi connectivity index (χ0n) is 16.0. The van der Waals surface area contributed by atoms with E-state index >= 15 is 0 Å². The first-order valence-electron chi connectivity index (χ1n) is 9.43. The molecule has 3 unspecified atom stereocenters. The molecule has 3 atom stereocenters. The minimum absolute atomic E-state index is 0.366. The van der Waals surface area contributed by atoms with Gasteiger partial charge in [0.15, 0.2) is 0 Å². The molecule has 3 N–H and O–H groups in total. The van der Waals surface area contributed by atoms with Gasteiger partial charge in [-0.05, 0) is 50.9 Å². The molecule has 0 saturated carbocycles. The summed E-state index contributed by atoms with van der Waals surface area (Å²) in [6, 6.07) is 1.44. The predicted molar refractivity (Wildman–Crippen MR) is 102 cm³/mol. The standard InChI is InChI=1S/C20H29ClN2O3/c1-5-6-7-8-22-17-15-13(26-20(3,4)19(17)25)10-12-11(2)9-14(21)23-16(12)18(15)24/h9,17-19,22,24-25H,5-8,10H2,1-4H3. The van der Waals surface area contributed by atoms with Gasteiger partial charge >= 0.3 is 0 Å². The molecule has 1 aromatic rings. The number of halogens is 1. The Kier molecular flexibility index (Phi) is 5.63. The van der Waals surface area contributed by atoms with E-state index < -0.39 is 17.8 Å². The minimum Gasteiger partial charge on any atom is -0.489 e. The molecule has 0 amide bonds. The number of ether oxygens (including phenoxy) is 1. The van der Waals surface area contributed by atoms with E-state index in [2.05, 4.69) is 17.2 Å². The smallest absolute Gasteiger partial charge is 0.131 e. The first-order chi connectivity index (χ1) is 12.3. The SMILES string of the molecule is CCCCCNC1C2=C(Cc3c(C)cc(Cl)nc3C2O)OC(C)(C)C1O. The van der Waals surface area contributed by atoms with Crippen LogP contribution in [-0.2, 0) is 11.2 Å². The van der Waals surface area contributed by atoms with Crippen molar-refractivity contribution in [1.29, 1.82) is 0 Å². The first-order valence-corrected chi connectivity index (χ1v) is 9.81. The van der Waals surface area contributed by atoms with Gasteiger partial charge in [0.05, 0.1) is 11.7 Å². The van der Waals surface area contributed by atoms with E-state index in [-0.39, 0.29) is 6.04 Å². The van der Waals surface area contributed by atoms with Gasteiger partial charge < -0.3 is 20.3 Å². The summed E-state index contributed by atoms with van der Waals surface area (Å²) < 4.78 is 6.13. The summed E-state index contributed by atoms with van der Waals surface area (Å²) in [6.07, 6.45) is 2.15. The largest absolute Gasteiger partial charge is 0.489 e. The molecular weight excluding hydrogens is 352 g/mol. The molecule has 1 aliphatic carbocycles. The highest BCUT2D eigenvalue weighted by atomic mass is 35.5. The van der Waals surface area contributed by atoms with Crippen molar-refractivity contribution in [3.05, 3.63) is 39.4 Å². The van der Waals surface area contributed by atoms with Gasteiger partial charge in [0.1, 0.15) is 28.7 Å². The number of aliphatic hydroxyl groups excluding tert-OH is 2. The molecule has 6 heteroatoms. The number of aliphatic hydroxyl groups is 2. The summed E-state index contributed by atoms with van der Waals surface area (Å²) in [6.45, 7) is 8.68. The van der Waals surface area contributed by atoms with Crippen LogP contribution in [0.25, 0.3) is 0 Å². The predicted octanol–water partition coefficient (Wildman–Crippen LogP) is 3.21. The Bertz CT molecular complexity index is 717. The molecule has 1 aromatic heterocycles. The van der Waals surface area contributed by atoms with Crippen LogP contribution < -0.4 is 5.32 Å². The van der Waals surface area contributed by atoms with Gasteiger partial charge in [0, 0.05) is 12.0 Å². The fraction of sp³-hybridized carbons (Fsp3) is 0.650. The van der Waals surface area contributed by atoms with E-state index in [9.17, 15) is 10.2 Å². The lowest BCUT2D eigenvalue weighted by Gasteiger charge is -2.46. The van der Waals surface area contributed by atoms with Crippen molar-refractivity contribution >= 4 is 11.6 Å². The van der Waals surface area contributed by atoms with Crippen LogP contribution in [0.5, 0.6) is 0 Å². The molecule has 3 rings (SSSR count). The van der Waals surface area contributed by atoms with E-state index in [4.69, 9.17) is 16.3 Å². The average Bonchev–Trinajstić information content (AvgIpc) is 2.56. The van der Waals surface area contributed by atoms with Gasteiger partial charge in [-0.15, -0.1) is 0 Å². The summed E-state index contributed by atoms with van der Waals surface area (Å²) in [5.74, 6) is 0.737. The second-order valence-electron chi connectivity index (χ2n) is 7.87. The zero-order chi connectivity index (χ0) is 19.1. The lowest BCUT2D eigenvalue weighted by Crippen LogP contribution is -2.58. The minimum atomic E-state index is -0.930. The molecule has 144 valence electrons. The molecule has 0 saturated heterocycles. The number of aryl methyl sites for hydroxylation is 1. The molecule has 1 aliphatic heterocycles. The van der Waals surface area contributed by atoms with Crippen molar-refractivity contribution in [1.82, 2.24) is 10.3 Å². The summed E-state index contributed by atoms with van der Waals surface area (Å²) in [5.41, 5.74) is 2.48. The molecule has 0 bridgehead atoms. The maximum atomic E-state index is 11.1. The van der Waals surface area contributed by atoms with Crippen LogP contribution in [0.2, 0.25) is 5.15 Å². The number of pyridine rings is 1. The second kappa shape index (κ2) is 7.47. The second-order valence-corrected chi connectivity index (χ2v) is 8.26. The number of nitrogens with zero attached hydrogens (tertiary/aromatic N) is 1. The van der Waals surface area contributed by atoms with E-state index in [0.717, 1.165) is 42.7 Å². The Morgan fingerprint density at radius 1 is 1.35 bits per heavy atom. The number of hydrogen-bond acceptors (Lipinski definition) is 5. The zero-order valence-corrected chi connectivity index (χ0v) is 16.7. The number of allylic oxidation sites excluding steroid dienone is 1. The Morgan fingerprint density at radius 3 is 2.77 bits per heavy atom. The molecule has 2 aliphatic rings. The van der Waals surface area contributed by atoms with Crippen molar-refractivity contribution in [2.75, 3.05) is 6.54 Å². The number of aromatic nitrogens is 1. The Hall–Kier alpha value is -1.14. The van der Waals surface area contributed by atoms with Crippen LogP contribution in [0, 0.1) is 6.92 Å². The fourth-order valence-corrected chi connectivity index (χ4v) is 4.20. The van der Waals surface area contributed by atoms with Gasteiger partial charge in [-0.2, -0.15) is 0 Å². The third kappa shape index (κ3) is 3.50. The molecule has 26 heavy (non-hydrogen) atoms. The van der Waals surface area contributed by atoms with Gasteiger partial charge in [-0.3, -0.25) is 0 Å². The average molecular weight is 381 g/mol. The van der Waals surface area contributed by atoms with E-state index in [1.807, 2.05) is 26.8 Å².